The predicted molar refractivity (Wildman–Crippen MR) is 116 cm³/mol. The second-order valence-corrected chi connectivity index (χ2v) is 8.61. The van der Waals surface area contributed by atoms with Crippen molar-refractivity contribution in [3.8, 4) is 0 Å². The van der Waals surface area contributed by atoms with E-state index in [0.717, 1.165) is 0 Å². The van der Waals surface area contributed by atoms with Gasteiger partial charge in [-0.15, -0.1) is 0 Å². The minimum absolute atomic E-state index is 0.134. The number of amides is 2. The summed E-state index contributed by atoms with van der Waals surface area (Å²) in [6, 6.07) is 0. The first-order valence-corrected chi connectivity index (χ1v) is 11.3. The van der Waals surface area contributed by atoms with Crippen LogP contribution < -0.4 is 0 Å². The molecule has 0 spiro atoms. The molecular weight excluding hydrogens is 486 g/mol. The number of aliphatic carboxylic acids is 3. The van der Waals surface area contributed by atoms with Crippen LogP contribution >= 0.6 is 0 Å². The summed E-state index contributed by atoms with van der Waals surface area (Å²) in [5.74, 6) is -6.25. The molecule has 0 aromatic heterocycles. The number of imide groups is 1. The fraction of sp³-hybridized carbons (Fsp3) is 0.700. The third-order valence-electron chi connectivity index (χ3n) is 5.82. The summed E-state index contributed by atoms with van der Waals surface area (Å²) in [6.45, 7) is 0.0414. The standard InChI is InChI=1S/C20H31N5O11/c26-15-1-2-16(27)25(15,35)36-20(34)14-24-9-7-22(12-18(30)31)5-3-21(11-17(28)29)4-6-23(8-10-24)13-19(32)33/h35H,1-14H2,(H2-,28,29,30,31,32,33)/p+1. The smallest absolute Gasteiger partial charge is 0.397 e. The summed E-state index contributed by atoms with van der Waals surface area (Å²) in [5.41, 5.74) is 0. The molecule has 0 aliphatic carbocycles. The Bertz CT molecular complexity index is 819. The van der Waals surface area contributed by atoms with Gasteiger partial charge in [0.2, 0.25) is 0 Å². The second kappa shape index (κ2) is 13.3. The van der Waals surface area contributed by atoms with Crippen molar-refractivity contribution in [2.24, 2.45) is 0 Å². The minimum atomic E-state index is -2.05. The van der Waals surface area contributed by atoms with Crippen molar-refractivity contribution in [1.82, 2.24) is 19.6 Å². The van der Waals surface area contributed by atoms with Crippen LogP contribution in [0.15, 0.2) is 0 Å². The number of hydroxylamine groups is 4. The molecule has 0 aromatic rings. The Labute approximate surface area is 206 Å². The molecule has 2 aliphatic heterocycles. The quantitative estimate of drug-likeness (QED) is 0.136. The van der Waals surface area contributed by atoms with Crippen LogP contribution in [0.1, 0.15) is 12.8 Å². The van der Waals surface area contributed by atoms with Gasteiger partial charge in [-0.2, -0.15) is 5.21 Å². The third kappa shape index (κ3) is 9.21. The Morgan fingerprint density at radius 2 is 0.889 bits per heavy atom. The number of carboxylic acid groups (broad SMARTS) is 3. The van der Waals surface area contributed by atoms with Crippen LogP contribution in [0.3, 0.4) is 0 Å². The average molecular weight is 519 g/mol. The van der Waals surface area contributed by atoms with Gasteiger partial charge in [-0.05, 0) is 0 Å². The fourth-order valence-electron chi connectivity index (χ4n) is 3.90. The monoisotopic (exact) mass is 518 g/mol. The number of rotatable bonds is 9. The van der Waals surface area contributed by atoms with Gasteiger partial charge in [0.1, 0.15) is 11.4 Å². The van der Waals surface area contributed by atoms with Gasteiger partial charge in [-0.25, -0.2) is 19.2 Å². The molecule has 16 nitrogen and oxygen atoms in total. The van der Waals surface area contributed by atoms with Crippen LogP contribution in [-0.2, 0) is 33.6 Å². The van der Waals surface area contributed by atoms with E-state index in [1.807, 2.05) is 0 Å². The van der Waals surface area contributed by atoms with Gasteiger partial charge < -0.3 is 15.3 Å². The summed E-state index contributed by atoms with van der Waals surface area (Å²) >= 11 is 0. The van der Waals surface area contributed by atoms with Gasteiger partial charge in [0, 0.05) is 52.4 Å². The van der Waals surface area contributed by atoms with E-state index in [1.54, 1.807) is 19.6 Å². The maximum Gasteiger partial charge on any atom is 0.397 e. The summed E-state index contributed by atoms with van der Waals surface area (Å²) < 4.78 is 0. The lowest BCUT2D eigenvalue weighted by Gasteiger charge is -2.32. The number of carbonyl (C=O) groups is 6. The normalized spacial score (nSPS) is 21.5. The first-order chi connectivity index (χ1) is 16.9. The molecule has 0 bridgehead atoms. The summed E-state index contributed by atoms with van der Waals surface area (Å²) in [4.78, 5) is 78.9. The molecule has 4 N–H and O–H groups in total. The molecule has 2 rings (SSSR count). The molecule has 0 unspecified atom stereocenters. The lowest BCUT2D eigenvalue weighted by molar-refractivity contribution is -1.12. The molecule has 2 saturated heterocycles. The first-order valence-electron chi connectivity index (χ1n) is 11.3. The van der Waals surface area contributed by atoms with E-state index < -0.39 is 47.0 Å². The van der Waals surface area contributed by atoms with E-state index in [1.165, 1.54) is 0 Å². The van der Waals surface area contributed by atoms with Crippen LogP contribution in [-0.4, -0.2) is 159 Å². The number of quaternary nitrogens is 1. The Kier molecular flexibility index (Phi) is 10.8. The van der Waals surface area contributed by atoms with Crippen molar-refractivity contribution in [3.05, 3.63) is 0 Å². The van der Waals surface area contributed by atoms with Gasteiger partial charge >= 0.3 is 35.7 Å². The largest absolute Gasteiger partial charge is 0.480 e. The molecule has 2 aliphatic rings. The zero-order valence-corrected chi connectivity index (χ0v) is 19.8. The Balaban J connectivity index is 2.14. The predicted octanol–water partition coefficient (Wildman–Crippen LogP) is -3.03. The van der Waals surface area contributed by atoms with Crippen molar-refractivity contribution in [3.63, 3.8) is 0 Å². The first kappa shape index (κ1) is 29.2. The van der Waals surface area contributed by atoms with Crippen LogP contribution in [0.2, 0.25) is 0 Å². The van der Waals surface area contributed by atoms with Gasteiger partial charge in [-0.1, -0.05) is 0 Å². The molecular formula is C20H32N5O11+. The summed E-state index contributed by atoms with van der Waals surface area (Å²) in [6.07, 6.45) is -0.529. The Hall–Kier alpha value is -3.02. The molecule has 0 saturated carbocycles. The molecule has 36 heavy (non-hydrogen) atoms. The Morgan fingerprint density at radius 3 is 1.17 bits per heavy atom. The number of nitrogens with zero attached hydrogens (tertiary/aromatic N) is 5. The maximum absolute atomic E-state index is 12.5. The molecule has 2 fully saturated rings. The van der Waals surface area contributed by atoms with Gasteiger partial charge in [0.15, 0.2) is 0 Å². The highest BCUT2D eigenvalue weighted by Gasteiger charge is 2.55. The molecule has 0 radical (unpaired) electrons. The van der Waals surface area contributed by atoms with E-state index in [0.29, 0.717) is 0 Å². The molecule has 16 heteroatoms. The SMILES string of the molecule is O=C(O)CN1CCN(CC(=O)O)CCN(CC(=O)O[N+]2(O)C(=O)CCC2=O)CCN(CC(=O)O)CC1. The third-order valence-corrected chi connectivity index (χ3v) is 5.82. The van der Waals surface area contributed by atoms with E-state index in [9.17, 15) is 49.3 Å². The van der Waals surface area contributed by atoms with Gasteiger partial charge in [-0.3, -0.25) is 34.0 Å². The average Bonchev–Trinajstić information content (AvgIpc) is 3.01. The van der Waals surface area contributed by atoms with Crippen LogP contribution in [0.25, 0.3) is 0 Å². The number of hydrogen-bond donors (Lipinski definition) is 4. The second-order valence-electron chi connectivity index (χ2n) is 8.61. The van der Waals surface area contributed by atoms with Crippen LogP contribution in [0, 0.1) is 0 Å². The number of carboxylic acids is 3. The highest BCUT2D eigenvalue weighted by Crippen LogP contribution is 2.20. The minimum Gasteiger partial charge on any atom is -0.480 e. The highest BCUT2D eigenvalue weighted by atomic mass is 17.0. The maximum atomic E-state index is 12.5. The highest BCUT2D eigenvalue weighted by molar-refractivity contribution is 5.91. The lowest BCUT2D eigenvalue weighted by Crippen LogP contribution is -2.53. The van der Waals surface area contributed by atoms with Crippen LogP contribution in [0.4, 0.5) is 0 Å². The van der Waals surface area contributed by atoms with Gasteiger partial charge in [0.05, 0.1) is 32.5 Å². The van der Waals surface area contributed by atoms with Crippen molar-refractivity contribution >= 4 is 35.7 Å². The van der Waals surface area contributed by atoms with Crippen molar-refractivity contribution in [2.45, 2.75) is 12.8 Å². The molecule has 2 amide bonds. The lowest BCUT2D eigenvalue weighted by atomic mass is 10.3. The zero-order valence-electron chi connectivity index (χ0n) is 19.8. The van der Waals surface area contributed by atoms with E-state index in [2.05, 4.69) is 0 Å². The topological polar surface area (TPSA) is 206 Å². The summed E-state index contributed by atoms with van der Waals surface area (Å²) in [7, 11) is 0. The van der Waals surface area contributed by atoms with Crippen molar-refractivity contribution in [2.75, 3.05) is 78.5 Å². The van der Waals surface area contributed by atoms with Crippen molar-refractivity contribution in [1.29, 1.82) is 0 Å². The molecule has 2 heterocycles. The molecule has 202 valence electrons. The zero-order chi connectivity index (χ0) is 26.9. The fourth-order valence-corrected chi connectivity index (χ4v) is 3.90. The van der Waals surface area contributed by atoms with Gasteiger partial charge in [0.25, 0.3) is 0 Å². The van der Waals surface area contributed by atoms with E-state index >= 15 is 0 Å². The number of carbonyl (C=O) groups excluding carboxylic acids is 3. The molecule has 0 aromatic carbocycles. The summed E-state index contributed by atoms with van der Waals surface area (Å²) in [5, 5.41) is 37.8. The number of hydrogen-bond acceptors (Lipinski definition) is 12. The molecule has 0 atom stereocenters. The van der Waals surface area contributed by atoms with E-state index in [4.69, 9.17) is 4.84 Å². The van der Waals surface area contributed by atoms with E-state index in [-0.39, 0.29) is 84.8 Å². The Morgan fingerprint density at radius 1 is 0.611 bits per heavy atom. The van der Waals surface area contributed by atoms with Crippen molar-refractivity contribution < 1.29 is 58.9 Å². The van der Waals surface area contributed by atoms with Crippen LogP contribution in [0.5, 0.6) is 0 Å².